The molecule has 2 aromatic carbocycles. The monoisotopic (exact) mass is 392 g/mol. The Labute approximate surface area is 173 Å². The molecule has 2 aliphatic rings. The Morgan fingerprint density at radius 3 is 1.79 bits per heavy atom. The second kappa shape index (κ2) is 11.2. The lowest BCUT2D eigenvalue weighted by atomic mass is 9.93. The van der Waals surface area contributed by atoms with Crippen molar-refractivity contribution in [2.45, 2.75) is 64.5 Å². The zero-order chi connectivity index (χ0) is 21.2. The van der Waals surface area contributed by atoms with Crippen LogP contribution in [0.15, 0.2) is 36.4 Å². The van der Waals surface area contributed by atoms with E-state index in [1.54, 1.807) is 13.0 Å². The number of benzene rings is 2. The third-order valence-electron chi connectivity index (χ3n) is 5.00. The maximum absolute atomic E-state index is 12.5. The van der Waals surface area contributed by atoms with E-state index in [1.165, 1.54) is 50.7 Å². The summed E-state index contributed by atoms with van der Waals surface area (Å²) in [6.07, 6.45) is 7.74. The number of rotatable bonds is 2. The van der Waals surface area contributed by atoms with Gasteiger partial charge in [0, 0.05) is 17.8 Å². The van der Waals surface area contributed by atoms with Crippen LogP contribution >= 0.6 is 0 Å². The molecular weight excluding hydrogens is 363 g/mol. The van der Waals surface area contributed by atoms with Crippen LogP contribution in [-0.2, 0) is 0 Å². The third-order valence-corrected chi connectivity index (χ3v) is 5.00. The van der Waals surface area contributed by atoms with Crippen molar-refractivity contribution in [2.75, 3.05) is 5.32 Å². The summed E-state index contributed by atoms with van der Waals surface area (Å²) in [6.45, 7) is 3.77. The highest BCUT2D eigenvalue weighted by atomic mass is 19.1. The first-order valence-electron chi connectivity index (χ1n) is 10.1. The lowest BCUT2D eigenvalue weighted by Crippen LogP contribution is -2.27. The predicted octanol–water partition coefficient (Wildman–Crippen LogP) is 5.33. The summed E-state index contributed by atoms with van der Waals surface area (Å²) < 4.78 is 12.5. The summed E-state index contributed by atoms with van der Waals surface area (Å²) in [6, 6.07) is 15.4. The van der Waals surface area contributed by atoms with Gasteiger partial charge in [0.05, 0.1) is 23.3 Å². The Morgan fingerprint density at radius 1 is 0.862 bits per heavy atom. The highest BCUT2D eigenvalue weighted by Gasteiger charge is 2.16. The first kappa shape index (κ1) is 22.4. The second-order valence-electron chi connectivity index (χ2n) is 7.79. The van der Waals surface area contributed by atoms with Gasteiger partial charge >= 0.3 is 0 Å². The van der Waals surface area contributed by atoms with E-state index in [9.17, 15) is 4.39 Å². The largest absolute Gasteiger partial charge is 0.382 e. The molecule has 0 radical (unpaired) electrons. The van der Waals surface area contributed by atoms with E-state index in [0.29, 0.717) is 17.6 Å². The van der Waals surface area contributed by atoms with E-state index in [1.807, 2.05) is 25.1 Å². The Morgan fingerprint density at radius 2 is 1.38 bits per heavy atom. The molecule has 29 heavy (non-hydrogen) atoms. The smallest absolute Gasteiger partial charge is 0.124 e. The van der Waals surface area contributed by atoms with Gasteiger partial charge < -0.3 is 11.1 Å². The molecule has 2 saturated carbocycles. The highest BCUT2D eigenvalue weighted by molar-refractivity contribution is 5.52. The maximum atomic E-state index is 12.5. The zero-order valence-corrected chi connectivity index (χ0v) is 17.2. The minimum atomic E-state index is -0.350. The summed E-state index contributed by atoms with van der Waals surface area (Å²) in [7, 11) is 0. The molecular formula is C24H29FN4. The summed E-state index contributed by atoms with van der Waals surface area (Å²) in [5.41, 5.74) is 9.50. The second-order valence-corrected chi connectivity index (χ2v) is 7.79. The first-order valence-corrected chi connectivity index (χ1v) is 10.1. The highest BCUT2D eigenvalue weighted by Crippen LogP contribution is 2.24. The SMILES string of the molecule is Cc1cc(C#N)cc(NC2CCC2)c1.Cc1cc(F)cc(C#N)c1.NC1CCC1. The molecule has 2 aliphatic carbocycles. The summed E-state index contributed by atoms with van der Waals surface area (Å²) in [5.74, 6) is -0.350. The number of halogens is 1. The van der Waals surface area contributed by atoms with Crippen LogP contribution in [-0.4, -0.2) is 12.1 Å². The van der Waals surface area contributed by atoms with Crippen molar-refractivity contribution < 1.29 is 4.39 Å². The summed E-state index contributed by atoms with van der Waals surface area (Å²) in [5, 5.41) is 20.6. The Balaban J connectivity index is 0.000000173. The fourth-order valence-corrected chi connectivity index (χ4v) is 2.96. The molecule has 152 valence electrons. The molecule has 0 unspecified atom stereocenters. The molecule has 2 aromatic rings. The minimum absolute atomic E-state index is 0.350. The number of hydrogen-bond donors (Lipinski definition) is 2. The van der Waals surface area contributed by atoms with Gasteiger partial charge in [-0.1, -0.05) is 6.42 Å². The average molecular weight is 393 g/mol. The summed E-state index contributed by atoms with van der Waals surface area (Å²) in [4.78, 5) is 0. The van der Waals surface area contributed by atoms with Gasteiger partial charge in [-0.05, 0) is 93.5 Å². The number of nitriles is 2. The third kappa shape index (κ3) is 7.94. The fraction of sp³-hybridized carbons (Fsp3) is 0.417. The van der Waals surface area contributed by atoms with Crippen molar-refractivity contribution in [1.29, 1.82) is 10.5 Å². The molecule has 0 atom stereocenters. The van der Waals surface area contributed by atoms with Crippen molar-refractivity contribution in [1.82, 2.24) is 0 Å². The molecule has 0 spiro atoms. The van der Waals surface area contributed by atoms with Crippen molar-refractivity contribution in [3.63, 3.8) is 0 Å². The summed E-state index contributed by atoms with van der Waals surface area (Å²) >= 11 is 0. The number of nitrogens with zero attached hydrogens (tertiary/aromatic N) is 2. The molecule has 0 aromatic heterocycles. The lowest BCUT2D eigenvalue weighted by Gasteiger charge is -2.27. The minimum Gasteiger partial charge on any atom is -0.382 e. The molecule has 0 saturated heterocycles. The Hall–Kier alpha value is -2.89. The predicted molar refractivity (Wildman–Crippen MR) is 115 cm³/mol. The van der Waals surface area contributed by atoms with Crippen molar-refractivity contribution in [3.8, 4) is 12.1 Å². The topological polar surface area (TPSA) is 85.6 Å². The van der Waals surface area contributed by atoms with Crippen molar-refractivity contribution in [2.24, 2.45) is 5.73 Å². The van der Waals surface area contributed by atoms with Crippen LogP contribution in [0.1, 0.15) is 60.8 Å². The van der Waals surface area contributed by atoms with Crippen LogP contribution in [0.25, 0.3) is 0 Å². The van der Waals surface area contributed by atoms with E-state index in [0.717, 1.165) is 22.4 Å². The van der Waals surface area contributed by atoms with E-state index in [4.69, 9.17) is 16.3 Å². The van der Waals surface area contributed by atoms with Gasteiger partial charge in [-0.2, -0.15) is 10.5 Å². The van der Waals surface area contributed by atoms with Crippen LogP contribution in [0.5, 0.6) is 0 Å². The molecule has 0 aliphatic heterocycles. The van der Waals surface area contributed by atoms with Gasteiger partial charge in [0.1, 0.15) is 5.82 Å². The maximum Gasteiger partial charge on any atom is 0.124 e. The fourth-order valence-electron chi connectivity index (χ4n) is 2.96. The van der Waals surface area contributed by atoms with Gasteiger partial charge in [-0.15, -0.1) is 0 Å². The van der Waals surface area contributed by atoms with Crippen molar-refractivity contribution >= 4 is 5.69 Å². The number of aryl methyl sites for hydroxylation is 2. The van der Waals surface area contributed by atoms with Crippen LogP contribution in [0.4, 0.5) is 10.1 Å². The van der Waals surface area contributed by atoms with Crippen molar-refractivity contribution in [3.05, 3.63) is 64.5 Å². The standard InChI is InChI=1S/C12H14N2.C8H6FN.C4H9N/c1-9-5-10(8-13)7-12(6-9)14-11-3-2-4-11;1-6-2-7(5-10)4-8(9)3-6;5-4-2-1-3-4/h5-7,11,14H,2-4H2,1H3;2-4H,1H3;4H,1-3,5H2. The quantitative estimate of drug-likeness (QED) is 0.723. The molecule has 2 fully saturated rings. The van der Waals surface area contributed by atoms with E-state index >= 15 is 0 Å². The van der Waals surface area contributed by atoms with Gasteiger partial charge in [-0.25, -0.2) is 4.39 Å². The molecule has 0 heterocycles. The average Bonchev–Trinajstić information content (AvgIpc) is 2.63. The molecule has 4 nitrogen and oxygen atoms in total. The number of nitrogens with one attached hydrogen (secondary N) is 1. The van der Waals surface area contributed by atoms with E-state index in [-0.39, 0.29) is 5.82 Å². The number of nitrogens with two attached hydrogens (primary N) is 1. The van der Waals surface area contributed by atoms with Crippen LogP contribution in [0.3, 0.4) is 0 Å². The molecule has 0 bridgehead atoms. The van der Waals surface area contributed by atoms with Gasteiger partial charge in [0.15, 0.2) is 0 Å². The number of hydrogen-bond acceptors (Lipinski definition) is 4. The molecule has 0 amide bonds. The number of anilines is 1. The first-order chi connectivity index (χ1) is 13.9. The molecule has 4 rings (SSSR count). The van der Waals surface area contributed by atoms with Crippen LogP contribution < -0.4 is 11.1 Å². The molecule has 5 heteroatoms. The Kier molecular flexibility index (Phi) is 8.65. The van der Waals surface area contributed by atoms with Gasteiger partial charge in [0.2, 0.25) is 0 Å². The van der Waals surface area contributed by atoms with Gasteiger partial charge in [-0.3, -0.25) is 0 Å². The zero-order valence-electron chi connectivity index (χ0n) is 17.2. The van der Waals surface area contributed by atoms with E-state index < -0.39 is 0 Å². The van der Waals surface area contributed by atoms with Crippen LogP contribution in [0.2, 0.25) is 0 Å². The Bertz CT molecular complexity index is 866. The van der Waals surface area contributed by atoms with E-state index in [2.05, 4.69) is 17.5 Å². The molecule has 3 N–H and O–H groups in total. The normalized spacial score (nSPS) is 15.1. The lowest BCUT2D eigenvalue weighted by molar-refractivity contribution is 0.418. The van der Waals surface area contributed by atoms with Crippen LogP contribution in [0, 0.1) is 42.3 Å². The van der Waals surface area contributed by atoms with Gasteiger partial charge in [0.25, 0.3) is 0 Å².